The zero-order chi connectivity index (χ0) is 15.1. The Morgan fingerprint density at radius 2 is 2.05 bits per heavy atom. The van der Waals surface area contributed by atoms with Crippen molar-refractivity contribution in [3.63, 3.8) is 0 Å². The SMILES string of the molecule is O=C(Nc1ccc2c3c(cccc13)CC2)N1CCC(CO)C1. The van der Waals surface area contributed by atoms with Gasteiger partial charge in [0.2, 0.25) is 0 Å². The summed E-state index contributed by atoms with van der Waals surface area (Å²) in [5, 5.41) is 14.7. The summed E-state index contributed by atoms with van der Waals surface area (Å²) in [6.45, 7) is 1.52. The van der Waals surface area contributed by atoms with E-state index in [0.717, 1.165) is 36.9 Å². The zero-order valence-electron chi connectivity index (χ0n) is 12.5. The Labute approximate surface area is 129 Å². The first-order chi connectivity index (χ1) is 10.8. The Kier molecular flexibility index (Phi) is 3.26. The van der Waals surface area contributed by atoms with E-state index < -0.39 is 0 Å². The minimum atomic E-state index is -0.0605. The first-order valence-electron chi connectivity index (χ1n) is 7.96. The first-order valence-corrected chi connectivity index (χ1v) is 7.96. The summed E-state index contributed by atoms with van der Waals surface area (Å²) in [6.07, 6.45) is 3.07. The second-order valence-electron chi connectivity index (χ2n) is 6.33. The van der Waals surface area contributed by atoms with Crippen LogP contribution in [-0.4, -0.2) is 35.7 Å². The van der Waals surface area contributed by atoms with Gasteiger partial charge in [-0.15, -0.1) is 0 Å². The minimum Gasteiger partial charge on any atom is -0.396 e. The molecule has 0 spiro atoms. The van der Waals surface area contributed by atoms with Crippen LogP contribution in [0.25, 0.3) is 10.8 Å². The second-order valence-corrected chi connectivity index (χ2v) is 6.33. The molecule has 1 fully saturated rings. The fraction of sp³-hybridized carbons (Fsp3) is 0.389. The molecule has 2 amide bonds. The smallest absolute Gasteiger partial charge is 0.321 e. The number of aryl methyl sites for hydroxylation is 2. The highest BCUT2D eigenvalue weighted by Gasteiger charge is 2.26. The lowest BCUT2D eigenvalue weighted by Gasteiger charge is -2.18. The summed E-state index contributed by atoms with van der Waals surface area (Å²) in [7, 11) is 0. The topological polar surface area (TPSA) is 52.6 Å². The molecule has 0 saturated carbocycles. The number of amides is 2. The van der Waals surface area contributed by atoms with Crippen LogP contribution in [0.15, 0.2) is 30.3 Å². The van der Waals surface area contributed by atoms with Crippen molar-refractivity contribution in [3.8, 4) is 0 Å². The number of urea groups is 1. The van der Waals surface area contributed by atoms with Crippen LogP contribution in [0.1, 0.15) is 17.5 Å². The van der Waals surface area contributed by atoms with Crippen LogP contribution < -0.4 is 5.32 Å². The maximum absolute atomic E-state index is 12.4. The van der Waals surface area contributed by atoms with Crippen LogP contribution in [0.4, 0.5) is 10.5 Å². The number of rotatable bonds is 2. The van der Waals surface area contributed by atoms with Gasteiger partial charge >= 0.3 is 6.03 Å². The number of aliphatic hydroxyl groups is 1. The highest BCUT2D eigenvalue weighted by atomic mass is 16.3. The number of carbonyl (C=O) groups excluding carboxylic acids is 1. The molecule has 22 heavy (non-hydrogen) atoms. The van der Waals surface area contributed by atoms with Crippen molar-refractivity contribution < 1.29 is 9.90 Å². The van der Waals surface area contributed by atoms with Gasteiger partial charge in [-0.2, -0.15) is 0 Å². The molecule has 0 radical (unpaired) electrons. The summed E-state index contributed by atoms with van der Waals surface area (Å²) < 4.78 is 0. The molecule has 1 unspecified atom stereocenters. The fourth-order valence-electron chi connectivity index (χ4n) is 3.72. The number of likely N-dealkylation sites (tertiary alicyclic amines) is 1. The number of nitrogens with zero attached hydrogens (tertiary/aromatic N) is 1. The number of carbonyl (C=O) groups is 1. The van der Waals surface area contributed by atoms with Crippen LogP contribution in [0.5, 0.6) is 0 Å². The number of hydrogen-bond acceptors (Lipinski definition) is 2. The van der Waals surface area contributed by atoms with E-state index >= 15 is 0 Å². The molecular formula is C18H20N2O2. The highest BCUT2D eigenvalue weighted by molar-refractivity contribution is 6.04. The van der Waals surface area contributed by atoms with Gasteiger partial charge in [-0.3, -0.25) is 0 Å². The van der Waals surface area contributed by atoms with E-state index in [0.29, 0.717) is 6.54 Å². The van der Waals surface area contributed by atoms with Crippen LogP contribution in [-0.2, 0) is 12.8 Å². The van der Waals surface area contributed by atoms with E-state index in [4.69, 9.17) is 0 Å². The fourth-order valence-corrected chi connectivity index (χ4v) is 3.72. The maximum atomic E-state index is 12.4. The third-order valence-corrected chi connectivity index (χ3v) is 4.95. The largest absolute Gasteiger partial charge is 0.396 e. The van der Waals surface area contributed by atoms with E-state index in [1.165, 1.54) is 16.5 Å². The number of nitrogens with one attached hydrogen (secondary N) is 1. The molecule has 4 rings (SSSR count). The molecule has 1 heterocycles. The van der Waals surface area contributed by atoms with Gasteiger partial charge in [0, 0.05) is 31.0 Å². The van der Waals surface area contributed by atoms with E-state index in [-0.39, 0.29) is 18.6 Å². The molecule has 1 aliphatic carbocycles. The molecule has 1 saturated heterocycles. The van der Waals surface area contributed by atoms with Gasteiger partial charge in [-0.05, 0) is 41.8 Å². The van der Waals surface area contributed by atoms with Crippen molar-refractivity contribution in [3.05, 3.63) is 41.5 Å². The normalized spacial score (nSPS) is 19.9. The molecule has 4 heteroatoms. The van der Waals surface area contributed by atoms with Gasteiger partial charge in [-0.25, -0.2) is 4.79 Å². The lowest BCUT2D eigenvalue weighted by atomic mass is 10.0. The highest BCUT2D eigenvalue weighted by Crippen LogP contribution is 2.35. The van der Waals surface area contributed by atoms with Crippen molar-refractivity contribution in [1.29, 1.82) is 0 Å². The van der Waals surface area contributed by atoms with Gasteiger partial charge in [-0.1, -0.05) is 24.3 Å². The average Bonchev–Trinajstić information content (AvgIpc) is 3.18. The molecule has 1 atom stereocenters. The number of anilines is 1. The Morgan fingerprint density at radius 1 is 1.23 bits per heavy atom. The van der Waals surface area contributed by atoms with Crippen molar-refractivity contribution >= 4 is 22.5 Å². The monoisotopic (exact) mass is 296 g/mol. The van der Waals surface area contributed by atoms with Crippen LogP contribution in [0, 0.1) is 5.92 Å². The van der Waals surface area contributed by atoms with E-state index in [1.807, 2.05) is 6.07 Å². The van der Waals surface area contributed by atoms with E-state index in [9.17, 15) is 9.90 Å². The van der Waals surface area contributed by atoms with Crippen LogP contribution >= 0.6 is 0 Å². The van der Waals surface area contributed by atoms with Crippen molar-refractivity contribution in [1.82, 2.24) is 4.90 Å². The number of aliphatic hydroxyl groups excluding tert-OH is 1. The molecule has 2 aromatic rings. The third kappa shape index (κ3) is 2.15. The molecule has 0 bridgehead atoms. The summed E-state index contributed by atoms with van der Waals surface area (Å²) in [5.74, 6) is 0.221. The standard InChI is InChI=1S/C18H20N2O2/c21-11-12-8-9-20(10-12)18(22)19-16-7-6-14-5-4-13-2-1-3-15(16)17(13)14/h1-3,6-7,12,21H,4-5,8-11H2,(H,19,22). The third-order valence-electron chi connectivity index (χ3n) is 4.95. The molecule has 1 aliphatic heterocycles. The molecular weight excluding hydrogens is 276 g/mol. The quantitative estimate of drug-likeness (QED) is 0.895. The van der Waals surface area contributed by atoms with Crippen molar-refractivity contribution in [2.75, 3.05) is 25.0 Å². The lowest BCUT2D eigenvalue weighted by molar-refractivity contribution is 0.209. The van der Waals surface area contributed by atoms with Gasteiger partial charge in [0.15, 0.2) is 0 Å². The molecule has 2 N–H and O–H groups in total. The predicted octanol–water partition coefficient (Wildman–Crippen LogP) is 2.78. The first kappa shape index (κ1) is 13.6. The Hall–Kier alpha value is -2.07. The summed E-state index contributed by atoms with van der Waals surface area (Å²) in [4.78, 5) is 14.2. The number of hydrogen-bond donors (Lipinski definition) is 2. The molecule has 0 aromatic heterocycles. The predicted molar refractivity (Wildman–Crippen MR) is 87.1 cm³/mol. The van der Waals surface area contributed by atoms with Gasteiger partial charge in [0.05, 0.1) is 5.69 Å². The molecule has 4 nitrogen and oxygen atoms in total. The van der Waals surface area contributed by atoms with E-state index in [1.54, 1.807) is 4.90 Å². The molecule has 114 valence electrons. The zero-order valence-corrected chi connectivity index (χ0v) is 12.5. The summed E-state index contributed by atoms with van der Waals surface area (Å²) in [5.41, 5.74) is 3.65. The van der Waals surface area contributed by atoms with E-state index in [2.05, 4.69) is 29.6 Å². The Bertz CT molecular complexity index is 731. The molecule has 2 aromatic carbocycles. The van der Waals surface area contributed by atoms with Crippen molar-refractivity contribution in [2.45, 2.75) is 19.3 Å². The minimum absolute atomic E-state index is 0.0605. The average molecular weight is 296 g/mol. The summed E-state index contributed by atoms with van der Waals surface area (Å²) >= 11 is 0. The Balaban J connectivity index is 1.62. The Morgan fingerprint density at radius 3 is 2.82 bits per heavy atom. The maximum Gasteiger partial charge on any atom is 0.321 e. The molecule has 2 aliphatic rings. The lowest BCUT2D eigenvalue weighted by Crippen LogP contribution is -2.33. The summed E-state index contributed by atoms with van der Waals surface area (Å²) in [6, 6.07) is 10.4. The second kappa shape index (κ2) is 5.29. The van der Waals surface area contributed by atoms with Gasteiger partial charge in [0.25, 0.3) is 0 Å². The van der Waals surface area contributed by atoms with Crippen LogP contribution in [0.3, 0.4) is 0 Å². The van der Waals surface area contributed by atoms with Crippen LogP contribution in [0.2, 0.25) is 0 Å². The van der Waals surface area contributed by atoms with Gasteiger partial charge in [0.1, 0.15) is 0 Å². The van der Waals surface area contributed by atoms with Gasteiger partial charge < -0.3 is 15.3 Å². The number of benzene rings is 2. The van der Waals surface area contributed by atoms with Crippen molar-refractivity contribution in [2.24, 2.45) is 5.92 Å².